The van der Waals surface area contributed by atoms with E-state index in [1.165, 1.54) is 18.5 Å². The highest BCUT2D eigenvalue weighted by atomic mass is 35.5. The second-order valence-electron chi connectivity index (χ2n) is 12.7. The van der Waals surface area contributed by atoms with E-state index < -0.39 is 17.2 Å². The number of rotatable bonds is 10. The van der Waals surface area contributed by atoms with Crippen molar-refractivity contribution in [1.82, 2.24) is 15.2 Å². The molecule has 51 heavy (non-hydrogen) atoms. The van der Waals surface area contributed by atoms with Gasteiger partial charge < -0.3 is 24.6 Å². The van der Waals surface area contributed by atoms with Crippen LogP contribution in [0, 0.1) is 28.9 Å². The van der Waals surface area contributed by atoms with E-state index in [9.17, 15) is 13.6 Å². The topological polar surface area (TPSA) is 119 Å². The first-order chi connectivity index (χ1) is 24.8. The Balaban J connectivity index is 0.922. The Morgan fingerprint density at radius 1 is 1.00 bits per heavy atom. The molecule has 0 unspecified atom stereocenters. The number of carbonyl (C=O) groups excluding carboxylic acids is 1. The number of halogens is 3. The minimum absolute atomic E-state index is 0.0767. The molecule has 0 saturated carbocycles. The third-order valence-corrected chi connectivity index (χ3v) is 9.65. The summed E-state index contributed by atoms with van der Waals surface area (Å²) >= 11 is 6.70. The van der Waals surface area contributed by atoms with Crippen LogP contribution >= 0.6 is 11.6 Å². The summed E-state index contributed by atoms with van der Waals surface area (Å²) in [6.07, 6.45) is 2.07. The van der Waals surface area contributed by atoms with Crippen LogP contribution < -0.4 is 19.9 Å². The number of piperazine rings is 1. The molecule has 1 amide bonds. The Hall–Kier alpha value is -5.51. The fourth-order valence-corrected chi connectivity index (χ4v) is 6.94. The van der Waals surface area contributed by atoms with E-state index in [0.717, 1.165) is 43.6 Å². The van der Waals surface area contributed by atoms with Crippen LogP contribution in [-0.4, -0.2) is 60.5 Å². The molecule has 13 heteroatoms. The van der Waals surface area contributed by atoms with Gasteiger partial charge in [0.25, 0.3) is 5.91 Å². The van der Waals surface area contributed by atoms with Gasteiger partial charge in [0, 0.05) is 72.8 Å². The zero-order valence-corrected chi connectivity index (χ0v) is 28.2. The molecule has 2 saturated heterocycles. The molecule has 2 aliphatic rings. The summed E-state index contributed by atoms with van der Waals surface area (Å²) in [4.78, 5) is 21.5. The Morgan fingerprint density at radius 2 is 1.73 bits per heavy atom. The second kappa shape index (κ2) is 14.8. The number of aromatic amines is 1. The van der Waals surface area contributed by atoms with Crippen molar-refractivity contribution in [3.05, 3.63) is 130 Å². The van der Waals surface area contributed by atoms with Crippen molar-refractivity contribution in [2.45, 2.75) is 18.4 Å². The SMILES string of the molecule is N#Cc1ccc(NC(=O)c2ccc(N3CCN(c4ccc(OC[C@H]5CO[C@](Cc6ncn[nH]6)(c6ccc(F)cc6F)C5)c(Cl)c4)CC3)cc2)cc1. The Kier molecular flexibility index (Phi) is 9.83. The lowest BCUT2D eigenvalue weighted by atomic mass is 9.84. The zero-order valence-electron chi connectivity index (χ0n) is 27.5. The molecule has 4 aromatic carbocycles. The van der Waals surface area contributed by atoms with E-state index in [1.807, 2.05) is 42.5 Å². The first-order valence-electron chi connectivity index (χ1n) is 16.6. The predicted octanol–water partition coefficient (Wildman–Crippen LogP) is 6.74. The number of carbonyl (C=O) groups is 1. The van der Waals surface area contributed by atoms with Crippen LogP contribution in [0.4, 0.5) is 25.8 Å². The molecule has 0 bridgehead atoms. The average molecular weight is 710 g/mol. The van der Waals surface area contributed by atoms with Crippen molar-refractivity contribution in [3.8, 4) is 11.8 Å². The molecule has 3 heterocycles. The van der Waals surface area contributed by atoms with Gasteiger partial charge in [0.2, 0.25) is 0 Å². The summed E-state index contributed by atoms with van der Waals surface area (Å²) in [7, 11) is 0. The number of benzene rings is 4. The number of amides is 1. The van der Waals surface area contributed by atoms with Gasteiger partial charge in [-0.3, -0.25) is 9.89 Å². The minimum atomic E-state index is -1.05. The Bertz CT molecular complexity index is 2030. The normalized spacial score (nSPS) is 18.7. The first kappa shape index (κ1) is 34.0. The lowest BCUT2D eigenvalue weighted by Crippen LogP contribution is -2.46. The molecule has 0 radical (unpaired) electrons. The van der Waals surface area contributed by atoms with E-state index in [0.29, 0.717) is 53.0 Å². The lowest BCUT2D eigenvalue weighted by Gasteiger charge is -2.37. The number of hydrogen-bond acceptors (Lipinski definition) is 8. The molecule has 2 N–H and O–H groups in total. The smallest absolute Gasteiger partial charge is 0.255 e. The molecule has 5 aromatic rings. The van der Waals surface area contributed by atoms with Crippen molar-refractivity contribution in [1.29, 1.82) is 5.26 Å². The number of anilines is 3. The summed E-state index contributed by atoms with van der Waals surface area (Å²) in [5.41, 5.74) is 2.96. The van der Waals surface area contributed by atoms with Crippen LogP contribution in [0.25, 0.3) is 0 Å². The predicted molar refractivity (Wildman–Crippen MR) is 189 cm³/mol. The van der Waals surface area contributed by atoms with Crippen LogP contribution in [0.5, 0.6) is 5.75 Å². The van der Waals surface area contributed by atoms with Crippen molar-refractivity contribution in [2.75, 3.05) is 54.5 Å². The molecule has 0 aliphatic carbocycles. The number of H-pyrrole nitrogens is 1. The van der Waals surface area contributed by atoms with Gasteiger partial charge in [0.1, 0.15) is 35.1 Å². The number of hydrogen-bond donors (Lipinski definition) is 2. The molecular formula is C38H34ClF2N7O3. The van der Waals surface area contributed by atoms with Gasteiger partial charge in [0.05, 0.1) is 29.9 Å². The molecule has 2 aliphatic heterocycles. The van der Waals surface area contributed by atoms with E-state index in [-0.39, 0.29) is 23.8 Å². The highest BCUT2D eigenvalue weighted by molar-refractivity contribution is 6.32. The Labute approximate surface area is 298 Å². The number of nitrogens with zero attached hydrogens (tertiary/aromatic N) is 5. The van der Waals surface area contributed by atoms with Crippen molar-refractivity contribution < 1.29 is 23.0 Å². The largest absolute Gasteiger partial charge is 0.492 e. The number of aromatic nitrogens is 3. The quantitative estimate of drug-likeness (QED) is 0.164. The maximum absolute atomic E-state index is 15.0. The van der Waals surface area contributed by atoms with E-state index in [1.54, 1.807) is 24.3 Å². The number of nitriles is 1. The fraction of sp³-hybridized carbons (Fsp3) is 0.263. The summed E-state index contributed by atoms with van der Waals surface area (Å²) in [5.74, 6) is -0.531. The standard InChI is InChI=1S/C38H34ClF2N7O3/c39-33-18-31(48-15-13-47(14-16-48)30-8-3-27(4-9-30)37(49)45-29-6-1-25(21-42)2-7-29)10-12-35(33)50-22-26-19-38(51-23-26,20-36-43-24-44-46-36)32-11-5-28(40)17-34(32)41/h1-12,17-18,24,26H,13-16,19-20,22-23H2,(H,45,49)(H,43,44,46)/t26-,38+/m0/s1. The molecule has 1 aromatic heterocycles. The lowest BCUT2D eigenvalue weighted by molar-refractivity contribution is -0.00524. The molecule has 7 rings (SSSR count). The van der Waals surface area contributed by atoms with Crippen LogP contribution in [0.15, 0.2) is 91.3 Å². The van der Waals surface area contributed by atoms with Crippen molar-refractivity contribution in [3.63, 3.8) is 0 Å². The van der Waals surface area contributed by atoms with Gasteiger partial charge in [-0.2, -0.15) is 10.4 Å². The third kappa shape index (κ3) is 7.65. The molecular weight excluding hydrogens is 676 g/mol. The maximum Gasteiger partial charge on any atom is 0.255 e. The van der Waals surface area contributed by atoms with E-state index in [4.69, 9.17) is 26.3 Å². The Morgan fingerprint density at radius 3 is 2.39 bits per heavy atom. The summed E-state index contributed by atoms with van der Waals surface area (Å²) < 4.78 is 41.1. The molecule has 2 fully saturated rings. The molecule has 10 nitrogen and oxygen atoms in total. The number of ether oxygens (including phenoxy) is 2. The van der Waals surface area contributed by atoms with Crippen LogP contribution in [0.1, 0.15) is 33.7 Å². The van der Waals surface area contributed by atoms with Gasteiger partial charge >= 0.3 is 0 Å². The van der Waals surface area contributed by atoms with Gasteiger partial charge in [-0.25, -0.2) is 13.8 Å². The van der Waals surface area contributed by atoms with Gasteiger partial charge in [-0.15, -0.1) is 0 Å². The van der Waals surface area contributed by atoms with Gasteiger partial charge in [-0.05, 0) is 79.2 Å². The zero-order chi connectivity index (χ0) is 35.4. The fourth-order valence-electron chi connectivity index (χ4n) is 6.71. The third-order valence-electron chi connectivity index (χ3n) is 9.35. The molecule has 260 valence electrons. The molecule has 2 atom stereocenters. The average Bonchev–Trinajstić information content (AvgIpc) is 3.82. The molecule has 0 spiro atoms. The maximum atomic E-state index is 15.0. The van der Waals surface area contributed by atoms with E-state index in [2.05, 4.69) is 36.4 Å². The highest BCUT2D eigenvalue weighted by Gasteiger charge is 2.45. The van der Waals surface area contributed by atoms with Crippen LogP contribution in [0.3, 0.4) is 0 Å². The van der Waals surface area contributed by atoms with E-state index >= 15 is 0 Å². The minimum Gasteiger partial charge on any atom is -0.492 e. The monoisotopic (exact) mass is 709 g/mol. The summed E-state index contributed by atoms with van der Waals surface area (Å²) in [5, 5.41) is 19.0. The van der Waals surface area contributed by atoms with Crippen LogP contribution in [-0.2, 0) is 16.8 Å². The second-order valence-corrected chi connectivity index (χ2v) is 13.1. The van der Waals surface area contributed by atoms with Crippen molar-refractivity contribution >= 4 is 34.6 Å². The van der Waals surface area contributed by atoms with Gasteiger partial charge in [-0.1, -0.05) is 17.7 Å². The first-order valence-corrected chi connectivity index (χ1v) is 16.9. The summed E-state index contributed by atoms with van der Waals surface area (Å²) in [6, 6.07) is 25.6. The summed E-state index contributed by atoms with van der Waals surface area (Å²) in [6.45, 7) is 3.76. The number of nitrogens with one attached hydrogen (secondary N) is 2. The van der Waals surface area contributed by atoms with Crippen molar-refractivity contribution in [2.24, 2.45) is 5.92 Å². The van der Waals surface area contributed by atoms with Gasteiger partial charge in [0.15, 0.2) is 0 Å². The highest BCUT2D eigenvalue weighted by Crippen LogP contribution is 2.43. The van der Waals surface area contributed by atoms with Crippen LogP contribution in [0.2, 0.25) is 5.02 Å².